The Morgan fingerprint density at radius 1 is 1.40 bits per heavy atom. The maximum absolute atomic E-state index is 12.3. The molecule has 1 fully saturated rings. The van der Waals surface area contributed by atoms with Crippen LogP contribution >= 0.6 is 0 Å². The maximum atomic E-state index is 12.3. The highest BCUT2D eigenvalue weighted by molar-refractivity contribution is 7.89. The molecule has 1 aliphatic carbocycles. The standard InChI is InChI=1S/C14H22N2O3S/c1-19-13-4-5-14(12(10-13)6-8-15)20(17,18)16-9-7-11-2-3-11/h4-5,10-11,16H,2-3,6-9,15H2,1H3. The van der Waals surface area contributed by atoms with Crippen LogP contribution in [-0.2, 0) is 16.4 Å². The summed E-state index contributed by atoms with van der Waals surface area (Å²) in [5, 5.41) is 0. The van der Waals surface area contributed by atoms with Gasteiger partial charge in [-0.3, -0.25) is 0 Å². The predicted molar refractivity (Wildman–Crippen MR) is 78.3 cm³/mol. The van der Waals surface area contributed by atoms with Gasteiger partial charge in [0.1, 0.15) is 5.75 Å². The van der Waals surface area contributed by atoms with E-state index in [1.165, 1.54) is 12.8 Å². The molecular formula is C14H22N2O3S. The van der Waals surface area contributed by atoms with Gasteiger partial charge >= 0.3 is 0 Å². The molecule has 1 saturated carbocycles. The smallest absolute Gasteiger partial charge is 0.240 e. The van der Waals surface area contributed by atoms with Crippen molar-refractivity contribution >= 4 is 10.0 Å². The first kappa shape index (κ1) is 15.3. The number of methoxy groups -OCH3 is 1. The van der Waals surface area contributed by atoms with Gasteiger partial charge in [0.2, 0.25) is 10.0 Å². The number of nitrogens with two attached hydrogens (primary N) is 1. The summed E-state index contributed by atoms with van der Waals surface area (Å²) in [5.74, 6) is 1.35. The zero-order chi connectivity index (χ0) is 14.6. The van der Waals surface area contributed by atoms with Crippen LogP contribution in [0.5, 0.6) is 5.75 Å². The van der Waals surface area contributed by atoms with Gasteiger partial charge < -0.3 is 10.5 Å². The highest BCUT2D eigenvalue weighted by Gasteiger charge is 2.23. The highest BCUT2D eigenvalue weighted by atomic mass is 32.2. The summed E-state index contributed by atoms with van der Waals surface area (Å²) >= 11 is 0. The molecule has 0 saturated heterocycles. The fourth-order valence-corrected chi connectivity index (χ4v) is 3.47. The van der Waals surface area contributed by atoms with Crippen LogP contribution in [0.2, 0.25) is 0 Å². The monoisotopic (exact) mass is 298 g/mol. The third kappa shape index (κ3) is 3.94. The number of rotatable bonds is 8. The first-order valence-corrected chi connectivity index (χ1v) is 8.42. The Bertz CT molecular complexity index is 554. The van der Waals surface area contributed by atoms with Crippen LogP contribution in [0, 0.1) is 5.92 Å². The first-order valence-electron chi connectivity index (χ1n) is 6.93. The normalized spacial score (nSPS) is 15.3. The van der Waals surface area contributed by atoms with E-state index in [1.807, 2.05) is 0 Å². The Labute approximate surface area is 120 Å². The molecule has 0 aliphatic heterocycles. The predicted octanol–water partition coefficient (Wildman–Crippen LogP) is 1.27. The quantitative estimate of drug-likeness (QED) is 0.757. The zero-order valence-electron chi connectivity index (χ0n) is 11.8. The van der Waals surface area contributed by atoms with Crippen molar-refractivity contribution < 1.29 is 13.2 Å². The Balaban J connectivity index is 2.15. The zero-order valence-corrected chi connectivity index (χ0v) is 12.6. The van der Waals surface area contributed by atoms with Crippen LogP contribution in [0.3, 0.4) is 0 Å². The number of sulfonamides is 1. The minimum Gasteiger partial charge on any atom is -0.497 e. The molecule has 1 aromatic carbocycles. The third-order valence-corrected chi connectivity index (χ3v) is 5.07. The van der Waals surface area contributed by atoms with Crippen LogP contribution in [0.15, 0.2) is 23.1 Å². The van der Waals surface area contributed by atoms with Gasteiger partial charge in [0.15, 0.2) is 0 Å². The second kappa shape index (κ2) is 6.56. The van der Waals surface area contributed by atoms with E-state index < -0.39 is 10.0 Å². The fourth-order valence-electron chi connectivity index (χ4n) is 2.18. The van der Waals surface area contributed by atoms with Crippen LogP contribution < -0.4 is 15.2 Å². The lowest BCUT2D eigenvalue weighted by Crippen LogP contribution is -2.26. The molecule has 2 rings (SSSR count). The second-order valence-electron chi connectivity index (χ2n) is 5.14. The molecule has 0 radical (unpaired) electrons. The first-order chi connectivity index (χ1) is 9.56. The molecule has 0 unspecified atom stereocenters. The highest BCUT2D eigenvalue weighted by Crippen LogP contribution is 2.32. The molecule has 5 nitrogen and oxygen atoms in total. The molecular weight excluding hydrogens is 276 g/mol. The van der Waals surface area contributed by atoms with E-state index in [0.29, 0.717) is 41.6 Å². The van der Waals surface area contributed by atoms with Crippen molar-refractivity contribution in [1.82, 2.24) is 4.72 Å². The Morgan fingerprint density at radius 2 is 2.15 bits per heavy atom. The van der Waals surface area contributed by atoms with E-state index in [1.54, 1.807) is 25.3 Å². The van der Waals surface area contributed by atoms with E-state index >= 15 is 0 Å². The van der Waals surface area contributed by atoms with Gasteiger partial charge in [0, 0.05) is 6.54 Å². The van der Waals surface area contributed by atoms with Gasteiger partial charge in [-0.15, -0.1) is 0 Å². The van der Waals surface area contributed by atoms with Crippen LogP contribution in [0.1, 0.15) is 24.8 Å². The average Bonchev–Trinajstić information content (AvgIpc) is 3.22. The summed E-state index contributed by atoms with van der Waals surface area (Å²) in [6.07, 6.45) is 3.88. The van der Waals surface area contributed by atoms with E-state index in [-0.39, 0.29) is 0 Å². The molecule has 3 N–H and O–H groups in total. The lowest BCUT2D eigenvalue weighted by Gasteiger charge is -2.12. The molecule has 0 heterocycles. The Hall–Kier alpha value is -1.11. The molecule has 0 amide bonds. The Morgan fingerprint density at radius 3 is 2.75 bits per heavy atom. The minimum absolute atomic E-state index is 0.305. The number of benzene rings is 1. The average molecular weight is 298 g/mol. The van der Waals surface area contributed by atoms with Gasteiger partial charge in [-0.05, 0) is 49.1 Å². The van der Waals surface area contributed by atoms with Crippen LogP contribution in [0.25, 0.3) is 0 Å². The van der Waals surface area contributed by atoms with E-state index in [0.717, 1.165) is 6.42 Å². The summed E-state index contributed by atoms with van der Waals surface area (Å²) in [4.78, 5) is 0.305. The molecule has 6 heteroatoms. The molecule has 0 bridgehead atoms. The summed E-state index contributed by atoms with van der Waals surface area (Å²) < 4.78 is 32.5. The van der Waals surface area contributed by atoms with E-state index in [2.05, 4.69) is 4.72 Å². The fraction of sp³-hybridized carbons (Fsp3) is 0.571. The van der Waals surface area contributed by atoms with Gasteiger partial charge in [-0.25, -0.2) is 13.1 Å². The van der Waals surface area contributed by atoms with Crippen molar-refractivity contribution in [3.8, 4) is 5.75 Å². The largest absolute Gasteiger partial charge is 0.497 e. The summed E-state index contributed by atoms with van der Waals surface area (Å²) in [6, 6.07) is 4.99. The number of hydrogen-bond acceptors (Lipinski definition) is 4. The maximum Gasteiger partial charge on any atom is 0.240 e. The van der Waals surface area contributed by atoms with Gasteiger partial charge in [-0.2, -0.15) is 0 Å². The van der Waals surface area contributed by atoms with Crippen molar-refractivity contribution in [2.45, 2.75) is 30.6 Å². The SMILES string of the molecule is COc1ccc(S(=O)(=O)NCCC2CC2)c(CCN)c1. The van der Waals surface area contributed by atoms with Gasteiger partial charge in [-0.1, -0.05) is 12.8 Å². The van der Waals surface area contributed by atoms with Crippen molar-refractivity contribution in [3.63, 3.8) is 0 Å². The summed E-state index contributed by atoms with van der Waals surface area (Å²) in [6.45, 7) is 0.902. The summed E-state index contributed by atoms with van der Waals surface area (Å²) in [5.41, 5.74) is 6.26. The number of nitrogens with one attached hydrogen (secondary N) is 1. The number of hydrogen-bond donors (Lipinski definition) is 2. The Kier molecular flexibility index (Phi) is 5.01. The number of ether oxygens (including phenoxy) is 1. The van der Waals surface area contributed by atoms with E-state index in [9.17, 15) is 8.42 Å². The topological polar surface area (TPSA) is 81.4 Å². The molecule has 0 aromatic heterocycles. The van der Waals surface area contributed by atoms with Crippen molar-refractivity contribution in [3.05, 3.63) is 23.8 Å². The van der Waals surface area contributed by atoms with Gasteiger partial charge in [0.25, 0.3) is 0 Å². The molecule has 20 heavy (non-hydrogen) atoms. The molecule has 1 aromatic rings. The van der Waals surface area contributed by atoms with Crippen molar-refractivity contribution in [1.29, 1.82) is 0 Å². The van der Waals surface area contributed by atoms with Crippen molar-refractivity contribution in [2.75, 3.05) is 20.2 Å². The molecule has 1 aliphatic rings. The second-order valence-corrected chi connectivity index (χ2v) is 6.88. The molecule has 0 spiro atoms. The van der Waals surface area contributed by atoms with Gasteiger partial charge in [0.05, 0.1) is 12.0 Å². The minimum atomic E-state index is -3.47. The van der Waals surface area contributed by atoms with Crippen LogP contribution in [0.4, 0.5) is 0 Å². The molecule has 0 atom stereocenters. The third-order valence-electron chi connectivity index (χ3n) is 3.51. The summed E-state index contributed by atoms with van der Waals surface area (Å²) in [7, 11) is -1.91. The lowest BCUT2D eigenvalue weighted by molar-refractivity contribution is 0.413. The van der Waals surface area contributed by atoms with Crippen molar-refractivity contribution in [2.24, 2.45) is 11.7 Å². The lowest BCUT2D eigenvalue weighted by atomic mass is 10.1. The van der Waals surface area contributed by atoms with Crippen LogP contribution in [-0.4, -0.2) is 28.6 Å². The molecule has 112 valence electrons. The van der Waals surface area contributed by atoms with E-state index in [4.69, 9.17) is 10.5 Å².